The molecule has 0 saturated carbocycles. The van der Waals surface area contributed by atoms with E-state index in [0.29, 0.717) is 19.2 Å². The van der Waals surface area contributed by atoms with E-state index in [-0.39, 0.29) is 17.0 Å². The summed E-state index contributed by atoms with van der Waals surface area (Å²) in [5, 5.41) is 6.31. The molecule has 2 N–H and O–H groups in total. The fourth-order valence-electron chi connectivity index (χ4n) is 2.76. The number of hydrogen-bond donors (Lipinski definition) is 2. The summed E-state index contributed by atoms with van der Waals surface area (Å²) in [5.41, 5.74) is -0.272. The van der Waals surface area contributed by atoms with Gasteiger partial charge in [-0.15, -0.1) is 0 Å². The molecule has 2 heterocycles. The first-order valence-corrected chi connectivity index (χ1v) is 7.15. The lowest BCUT2D eigenvalue weighted by molar-refractivity contribution is -0.122. The molecular formula is C14H26N2O3. The van der Waals surface area contributed by atoms with E-state index in [4.69, 9.17) is 9.47 Å². The number of amides is 1. The van der Waals surface area contributed by atoms with Gasteiger partial charge < -0.3 is 20.1 Å². The van der Waals surface area contributed by atoms with Crippen LogP contribution in [0, 0.1) is 0 Å². The molecule has 0 radical (unpaired) electrons. The molecule has 0 aromatic carbocycles. The van der Waals surface area contributed by atoms with Crippen LogP contribution in [0.1, 0.15) is 40.0 Å². The van der Waals surface area contributed by atoms with Crippen molar-refractivity contribution >= 4 is 5.91 Å². The minimum absolute atomic E-state index is 0.0516. The highest BCUT2D eigenvalue weighted by atomic mass is 16.6. The number of hydrogen-bond acceptors (Lipinski definition) is 4. The largest absolute Gasteiger partial charge is 0.378 e. The number of nitrogens with one attached hydrogen (secondary N) is 2. The highest BCUT2D eigenvalue weighted by Gasteiger charge is 2.40. The zero-order valence-corrected chi connectivity index (χ0v) is 12.3. The van der Waals surface area contributed by atoms with E-state index < -0.39 is 0 Å². The van der Waals surface area contributed by atoms with Crippen LogP contribution in [0.3, 0.4) is 0 Å². The van der Waals surface area contributed by atoms with Crippen molar-refractivity contribution in [3.05, 3.63) is 0 Å². The second-order valence-corrected chi connectivity index (χ2v) is 6.70. The molecule has 0 aliphatic carbocycles. The molecule has 1 amide bonds. The van der Waals surface area contributed by atoms with E-state index in [1.54, 1.807) is 0 Å². The smallest absolute Gasteiger partial charge is 0.234 e. The average Bonchev–Trinajstić information content (AvgIpc) is 2.73. The Morgan fingerprint density at radius 3 is 2.79 bits per heavy atom. The third-order valence-electron chi connectivity index (χ3n) is 3.63. The lowest BCUT2D eigenvalue weighted by Crippen LogP contribution is -2.51. The lowest BCUT2D eigenvalue weighted by Gasteiger charge is -2.37. The van der Waals surface area contributed by atoms with Crippen LogP contribution in [0.25, 0.3) is 0 Å². The minimum atomic E-state index is -0.172. The van der Waals surface area contributed by atoms with Crippen molar-refractivity contribution in [3.63, 3.8) is 0 Å². The topological polar surface area (TPSA) is 59.6 Å². The van der Waals surface area contributed by atoms with Gasteiger partial charge in [-0.3, -0.25) is 4.79 Å². The van der Waals surface area contributed by atoms with Crippen LogP contribution in [0.4, 0.5) is 0 Å². The maximum Gasteiger partial charge on any atom is 0.234 e. The minimum Gasteiger partial charge on any atom is -0.378 e. The van der Waals surface area contributed by atoms with Crippen molar-refractivity contribution < 1.29 is 14.3 Å². The van der Waals surface area contributed by atoms with Crippen molar-refractivity contribution in [1.29, 1.82) is 0 Å². The molecule has 0 bridgehead atoms. The highest BCUT2D eigenvalue weighted by Crippen LogP contribution is 2.32. The SMILES string of the molecule is CC(C)(C)NC(=O)CNC1CCOC2(CCOC2)C1. The molecule has 2 fully saturated rings. The van der Waals surface area contributed by atoms with Crippen LogP contribution in [0.5, 0.6) is 0 Å². The Labute approximate surface area is 115 Å². The summed E-state index contributed by atoms with van der Waals surface area (Å²) >= 11 is 0. The Kier molecular flexibility index (Phi) is 4.48. The van der Waals surface area contributed by atoms with Gasteiger partial charge in [-0.05, 0) is 33.6 Å². The predicted molar refractivity (Wildman–Crippen MR) is 73.0 cm³/mol. The molecule has 2 aliphatic heterocycles. The summed E-state index contributed by atoms with van der Waals surface area (Å²) in [6.07, 6.45) is 2.87. The van der Waals surface area contributed by atoms with E-state index in [1.165, 1.54) is 0 Å². The maximum atomic E-state index is 11.8. The molecule has 2 unspecified atom stereocenters. The predicted octanol–water partition coefficient (Wildman–Crippen LogP) is 0.829. The number of carbonyl (C=O) groups is 1. The molecule has 0 aromatic heterocycles. The van der Waals surface area contributed by atoms with Gasteiger partial charge >= 0.3 is 0 Å². The van der Waals surface area contributed by atoms with Gasteiger partial charge in [0.2, 0.25) is 5.91 Å². The zero-order chi connectivity index (χ0) is 13.9. The molecule has 110 valence electrons. The molecule has 0 aromatic rings. The molecule has 5 heteroatoms. The summed E-state index contributed by atoms with van der Waals surface area (Å²) in [6, 6.07) is 0.348. The van der Waals surface area contributed by atoms with Crippen molar-refractivity contribution in [2.75, 3.05) is 26.4 Å². The molecule has 1 spiro atoms. The first-order chi connectivity index (χ1) is 8.89. The van der Waals surface area contributed by atoms with E-state index in [9.17, 15) is 4.79 Å². The summed E-state index contributed by atoms with van der Waals surface area (Å²) in [5.74, 6) is 0.0516. The molecular weight excluding hydrogens is 244 g/mol. The van der Waals surface area contributed by atoms with E-state index in [0.717, 1.165) is 32.5 Å². The zero-order valence-electron chi connectivity index (χ0n) is 12.3. The number of ether oxygens (including phenoxy) is 2. The number of rotatable bonds is 3. The quantitative estimate of drug-likeness (QED) is 0.797. The fourth-order valence-corrected chi connectivity index (χ4v) is 2.76. The van der Waals surface area contributed by atoms with E-state index in [1.807, 2.05) is 20.8 Å². The molecule has 2 rings (SSSR count). The first-order valence-electron chi connectivity index (χ1n) is 7.15. The lowest BCUT2D eigenvalue weighted by atomic mass is 9.90. The summed E-state index contributed by atoms with van der Waals surface area (Å²) < 4.78 is 11.3. The van der Waals surface area contributed by atoms with Crippen LogP contribution in [-0.4, -0.2) is 49.5 Å². The monoisotopic (exact) mass is 270 g/mol. The maximum absolute atomic E-state index is 11.8. The van der Waals surface area contributed by atoms with Crippen LogP contribution < -0.4 is 10.6 Å². The second kappa shape index (κ2) is 5.77. The van der Waals surface area contributed by atoms with Crippen LogP contribution in [-0.2, 0) is 14.3 Å². The van der Waals surface area contributed by atoms with Gasteiger partial charge in [0.15, 0.2) is 0 Å². The normalized spacial score (nSPS) is 31.6. The van der Waals surface area contributed by atoms with E-state index >= 15 is 0 Å². The van der Waals surface area contributed by atoms with Crippen LogP contribution in [0.15, 0.2) is 0 Å². The Morgan fingerprint density at radius 2 is 2.16 bits per heavy atom. The summed E-state index contributed by atoms with van der Waals surface area (Å²) in [7, 11) is 0. The first kappa shape index (κ1) is 14.8. The van der Waals surface area contributed by atoms with Crippen molar-refractivity contribution in [1.82, 2.24) is 10.6 Å². The Balaban J connectivity index is 1.75. The van der Waals surface area contributed by atoms with Crippen LogP contribution in [0.2, 0.25) is 0 Å². The standard InChI is InChI=1S/C14H26N2O3/c1-13(2,3)16-12(17)9-15-11-4-6-19-14(8-11)5-7-18-10-14/h11,15H,4-10H2,1-3H3,(H,16,17). The van der Waals surface area contributed by atoms with Gasteiger partial charge in [0.05, 0.1) is 18.8 Å². The van der Waals surface area contributed by atoms with E-state index in [2.05, 4.69) is 10.6 Å². The Bertz CT molecular complexity index is 319. The molecule has 5 nitrogen and oxygen atoms in total. The van der Waals surface area contributed by atoms with Gasteiger partial charge in [-0.2, -0.15) is 0 Å². The molecule has 2 aliphatic rings. The van der Waals surface area contributed by atoms with Crippen molar-refractivity contribution in [3.8, 4) is 0 Å². The number of carbonyl (C=O) groups excluding carboxylic acids is 1. The third kappa shape index (κ3) is 4.44. The molecule has 19 heavy (non-hydrogen) atoms. The Morgan fingerprint density at radius 1 is 1.37 bits per heavy atom. The summed E-state index contributed by atoms with van der Waals surface area (Å²) in [6.45, 7) is 8.58. The molecule has 2 atom stereocenters. The van der Waals surface area contributed by atoms with Crippen molar-refractivity contribution in [2.45, 2.75) is 57.2 Å². The fraction of sp³-hybridized carbons (Fsp3) is 0.929. The van der Waals surface area contributed by atoms with Gasteiger partial charge in [-0.25, -0.2) is 0 Å². The third-order valence-corrected chi connectivity index (χ3v) is 3.63. The average molecular weight is 270 g/mol. The summed E-state index contributed by atoms with van der Waals surface area (Å²) in [4.78, 5) is 11.8. The van der Waals surface area contributed by atoms with Crippen molar-refractivity contribution in [2.24, 2.45) is 0 Å². The van der Waals surface area contributed by atoms with Crippen LogP contribution >= 0.6 is 0 Å². The van der Waals surface area contributed by atoms with Gasteiger partial charge in [-0.1, -0.05) is 0 Å². The van der Waals surface area contributed by atoms with Gasteiger partial charge in [0, 0.05) is 31.2 Å². The second-order valence-electron chi connectivity index (χ2n) is 6.70. The van der Waals surface area contributed by atoms with Gasteiger partial charge in [0.1, 0.15) is 0 Å². The molecule has 2 saturated heterocycles. The van der Waals surface area contributed by atoms with Gasteiger partial charge in [0.25, 0.3) is 0 Å². The highest BCUT2D eigenvalue weighted by molar-refractivity contribution is 5.78. The Hall–Kier alpha value is -0.650.